The first-order chi connectivity index (χ1) is 11.6. The van der Waals surface area contributed by atoms with E-state index in [1.807, 2.05) is 20.8 Å². The Morgan fingerprint density at radius 2 is 1.64 bits per heavy atom. The van der Waals surface area contributed by atoms with Gasteiger partial charge in [0.25, 0.3) is 0 Å². The van der Waals surface area contributed by atoms with Crippen molar-refractivity contribution in [3.63, 3.8) is 0 Å². The second-order valence-corrected chi connectivity index (χ2v) is 6.48. The first kappa shape index (κ1) is 20.3. The average molecular weight is 350 g/mol. The maximum absolute atomic E-state index is 12.0. The van der Waals surface area contributed by atoms with Crippen LogP contribution >= 0.6 is 0 Å². The Bertz CT molecular complexity index is 608. The highest BCUT2D eigenvalue weighted by atomic mass is 16.5. The maximum atomic E-state index is 12.0. The molecule has 8 heteroatoms. The number of imide groups is 1. The van der Waals surface area contributed by atoms with Gasteiger partial charge in [0.05, 0.1) is 6.61 Å². The molecule has 4 N–H and O–H groups in total. The molecular formula is C17H26N4O4. The first-order valence-corrected chi connectivity index (χ1v) is 8.04. The normalized spacial score (nSPS) is 11.9. The Labute approximate surface area is 147 Å². The summed E-state index contributed by atoms with van der Waals surface area (Å²) in [5.74, 6) is -0.449. The summed E-state index contributed by atoms with van der Waals surface area (Å²) in [6, 6.07) is 5.61. The lowest BCUT2D eigenvalue weighted by Crippen LogP contribution is -2.51. The van der Waals surface area contributed by atoms with Crippen LogP contribution in [-0.4, -0.2) is 36.2 Å². The Morgan fingerprint density at radius 3 is 2.16 bits per heavy atom. The number of urea groups is 1. The lowest BCUT2D eigenvalue weighted by atomic mass is 10.1. The van der Waals surface area contributed by atoms with Crippen LogP contribution in [0.3, 0.4) is 0 Å². The zero-order valence-electron chi connectivity index (χ0n) is 15.2. The largest absolute Gasteiger partial charge is 0.450 e. The van der Waals surface area contributed by atoms with Crippen molar-refractivity contribution in [3.8, 4) is 0 Å². The van der Waals surface area contributed by atoms with E-state index in [0.29, 0.717) is 18.0 Å². The summed E-state index contributed by atoms with van der Waals surface area (Å²) in [4.78, 5) is 35.1. The number of rotatable bonds is 5. The van der Waals surface area contributed by atoms with Crippen LogP contribution in [0.4, 0.5) is 21.0 Å². The molecule has 0 aliphatic rings. The molecule has 0 radical (unpaired) electrons. The molecular weight excluding hydrogens is 324 g/mol. The molecule has 1 atom stereocenters. The van der Waals surface area contributed by atoms with E-state index < -0.39 is 29.6 Å². The Hall–Kier alpha value is -2.77. The molecule has 1 aromatic rings. The molecule has 8 nitrogen and oxygen atoms in total. The van der Waals surface area contributed by atoms with Gasteiger partial charge in [-0.25, -0.2) is 9.59 Å². The fourth-order valence-electron chi connectivity index (χ4n) is 1.84. The second kappa shape index (κ2) is 8.91. The monoisotopic (exact) mass is 350 g/mol. The molecule has 1 rings (SSSR count). The summed E-state index contributed by atoms with van der Waals surface area (Å²) < 4.78 is 4.79. The van der Waals surface area contributed by atoms with Gasteiger partial charge in [-0.1, -0.05) is 0 Å². The third-order valence-corrected chi connectivity index (χ3v) is 2.91. The molecule has 0 aliphatic carbocycles. The second-order valence-electron chi connectivity index (χ2n) is 6.48. The highest BCUT2D eigenvalue weighted by Gasteiger charge is 2.19. The van der Waals surface area contributed by atoms with Gasteiger partial charge < -0.3 is 15.4 Å². The predicted molar refractivity (Wildman–Crippen MR) is 96.6 cm³/mol. The van der Waals surface area contributed by atoms with E-state index in [0.717, 1.165) is 0 Å². The van der Waals surface area contributed by atoms with Gasteiger partial charge in [0.15, 0.2) is 0 Å². The lowest BCUT2D eigenvalue weighted by Gasteiger charge is -2.21. The molecule has 0 bridgehead atoms. The number of ether oxygens (including phenoxy) is 1. The topological polar surface area (TPSA) is 109 Å². The van der Waals surface area contributed by atoms with E-state index in [2.05, 4.69) is 21.3 Å². The maximum Gasteiger partial charge on any atom is 0.411 e. The van der Waals surface area contributed by atoms with Gasteiger partial charge in [0.1, 0.15) is 6.04 Å². The molecule has 0 saturated carbocycles. The van der Waals surface area contributed by atoms with E-state index in [4.69, 9.17) is 4.74 Å². The predicted octanol–water partition coefficient (Wildman–Crippen LogP) is 2.68. The molecule has 4 amide bonds. The van der Waals surface area contributed by atoms with Crippen molar-refractivity contribution in [2.75, 3.05) is 17.2 Å². The van der Waals surface area contributed by atoms with Gasteiger partial charge in [0, 0.05) is 16.9 Å². The third-order valence-electron chi connectivity index (χ3n) is 2.91. The number of hydrogen-bond acceptors (Lipinski definition) is 5. The summed E-state index contributed by atoms with van der Waals surface area (Å²) in [7, 11) is 0. The fraction of sp³-hybridized carbons (Fsp3) is 0.471. The molecule has 138 valence electrons. The first-order valence-electron chi connectivity index (χ1n) is 8.04. The van der Waals surface area contributed by atoms with Crippen molar-refractivity contribution in [1.29, 1.82) is 0 Å². The zero-order chi connectivity index (χ0) is 19.0. The summed E-state index contributed by atoms with van der Waals surface area (Å²) in [5, 5.41) is 10.5. The van der Waals surface area contributed by atoms with Crippen molar-refractivity contribution in [2.24, 2.45) is 0 Å². The molecule has 0 fully saturated rings. The van der Waals surface area contributed by atoms with Gasteiger partial charge >= 0.3 is 12.1 Å². The molecule has 0 heterocycles. The van der Waals surface area contributed by atoms with Crippen LogP contribution < -0.4 is 21.3 Å². The lowest BCUT2D eigenvalue weighted by molar-refractivity contribution is -0.120. The van der Waals surface area contributed by atoms with Gasteiger partial charge in [-0.2, -0.15) is 0 Å². The Balaban J connectivity index is 2.53. The van der Waals surface area contributed by atoms with Crippen LogP contribution in [0, 0.1) is 0 Å². The minimum absolute atomic E-state index is 0.293. The smallest absolute Gasteiger partial charge is 0.411 e. The Kier molecular flexibility index (Phi) is 7.22. The highest BCUT2D eigenvalue weighted by Crippen LogP contribution is 2.14. The number of anilines is 2. The number of amides is 4. The van der Waals surface area contributed by atoms with Crippen LogP contribution in [0.15, 0.2) is 24.3 Å². The average Bonchev–Trinajstić information content (AvgIpc) is 2.47. The zero-order valence-corrected chi connectivity index (χ0v) is 15.2. The SMILES string of the molecule is CCOC(=O)Nc1ccc(N[C@@H](C)C(=O)NC(=O)NC(C)(C)C)cc1. The van der Waals surface area contributed by atoms with Gasteiger partial charge in [-0.15, -0.1) is 0 Å². The van der Waals surface area contributed by atoms with E-state index in [1.165, 1.54) is 0 Å². The highest BCUT2D eigenvalue weighted by molar-refractivity contribution is 5.98. The minimum atomic E-state index is -0.616. The molecule has 1 aromatic carbocycles. The van der Waals surface area contributed by atoms with Gasteiger partial charge in [0.2, 0.25) is 5.91 Å². The molecule has 0 aliphatic heterocycles. The van der Waals surface area contributed by atoms with Crippen molar-refractivity contribution in [3.05, 3.63) is 24.3 Å². The van der Waals surface area contributed by atoms with Crippen molar-refractivity contribution in [1.82, 2.24) is 10.6 Å². The van der Waals surface area contributed by atoms with E-state index in [9.17, 15) is 14.4 Å². The summed E-state index contributed by atoms with van der Waals surface area (Å²) in [6.45, 7) is 9.13. The summed E-state index contributed by atoms with van der Waals surface area (Å²) >= 11 is 0. The van der Waals surface area contributed by atoms with Crippen LogP contribution in [0.2, 0.25) is 0 Å². The van der Waals surface area contributed by atoms with E-state index in [1.54, 1.807) is 38.1 Å². The summed E-state index contributed by atoms with van der Waals surface area (Å²) in [5.41, 5.74) is 0.821. The van der Waals surface area contributed by atoms with Crippen molar-refractivity contribution in [2.45, 2.75) is 46.2 Å². The molecule has 0 spiro atoms. The summed E-state index contributed by atoms with van der Waals surface area (Å²) in [6.07, 6.45) is -0.527. The molecule has 0 saturated heterocycles. The fourth-order valence-corrected chi connectivity index (χ4v) is 1.84. The van der Waals surface area contributed by atoms with Gasteiger partial charge in [-0.3, -0.25) is 15.4 Å². The van der Waals surface area contributed by atoms with Gasteiger partial charge in [-0.05, 0) is 58.9 Å². The number of benzene rings is 1. The molecule has 0 aromatic heterocycles. The number of hydrogen-bond donors (Lipinski definition) is 4. The Morgan fingerprint density at radius 1 is 1.08 bits per heavy atom. The van der Waals surface area contributed by atoms with Crippen molar-refractivity contribution < 1.29 is 19.1 Å². The standard InChI is InChI=1S/C17H26N4O4/c1-6-25-16(24)19-13-9-7-12(8-10-13)18-11(2)14(22)20-15(23)21-17(3,4)5/h7-11,18H,6H2,1-5H3,(H,19,24)(H2,20,21,22,23)/t11-/m0/s1. The third kappa shape index (κ3) is 8.05. The van der Waals surface area contributed by atoms with Crippen LogP contribution in [0.5, 0.6) is 0 Å². The van der Waals surface area contributed by atoms with E-state index >= 15 is 0 Å². The quantitative estimate of drug-likeness (QED) is 0.653. The van der Waals surface area contributed by atoms with Crippen LogP contribution in [0.25, 0.3) is 0 Å². The van der Waals surface area contributed by atoms with E-state index in [-0.39, 0.29) is 0 Å². The number of carbonyl (C=O) groups is 3. The molecule has 0 unspecified atom stereocenters. The molecule has 25 heavy (non-hydrogen) atoms. The van der Waals surface area contributed by atoms with Crippen LogP contribution in [0.1, 0.15) is 34.6 Å². The number of nitrogens with one attached hydrogen (secondary N) is 4. The minimum Gasteiger partial charge on any atom is -0.450 e. The van der Waals surface area contributed by atoms with Crippen LogP contribution in [-0.2, 0) is 9.53 Å². The number of carbonyl (C=O) groups excluding carboxylic acids is 3. The van der Waals surface area contributed by atoms with Crippen molar-refractivity contribution >= 4 is 29.4 Å².